The number of ether oxygens (including phenoxy) is 1. The highest BCUT2D eigenvalue weighted by Gasteiger charge is 2.56. The standard InChI is InChI=1S/C11H20N2O4S/c1-10(2,3)17-9(14)12-5-11(6-12)7-13(8-11)18(4,15)16/h5-8H2,1-4H3. The van der Waals surface area contributed by atoms with Gasteiger partial charge in [-0.05, 0) is 20.8 Å². The summed E-state index contributed by atoms with van der Waals surface area (Å²) in [5, 5.41) is 0. The highest BCUT2D eigenvalue weighted by atomic mass is 32.2. The Morgan fingerprint density at radius 3 is 2.06 bits per heavy atom. The Labute approximate surface area is 108 Å². The molecule has 104 valence electrons. The van der Waals surface area contributed by atoms with E-state index in [1.165, 1.54) is 10.6 Å². The molecule has 1 spiro atoms. The van der Waals surface area contributed by atoms with Gasteiger partial charge in [0.15, 0.2) is 0 Å². The van der Waals surface area contributed by atoms with Gasteiger partial charge in [0.05, 0.1) is 6.26 Å². The Morgan fingerprint density at radius 2 is 1.67 bits per heavy atom. The van der Waals surface area contributed by atoms with E-state index in [0.717, 1.165) is 0 Å². The fourth-order valence-corrected chi connectivity index (χ4v) is 3.37. The molecule has 6 nitrogen and oxygen atoms in total. The topological polar surface area (TPSA) is 66.9 Å². The van der Waals surface area contributed by atoms with Crippen molar-refractivity contribution in [3.05, 3.63) is 0 Å². The third-order valence-corrected chi connectivity index (χ3v) is 4.39. The minimum Gasteiger partial charge on any atom is -0.444 e. The Kier molecular flexibility index (Phi) is 2.90. The second-order valence-corrected chi connectivity index (χ2v) is 8.35. The quantitative estimate of drug-likeness (QED) is 0.699. The molecule has 0 aromatic rings. The first-order chi connectivity index (χ1) is 8.01. The molecule has 0 aromatic heterocycles. The molecule has 18 heavy (non-hydrogen) atoms. The van der Waals surface area contributed by atoms with Gasteiger partial charge in [0.2, 0.25) is 10.0 Å². The van der Waals surface area contributed by atoms with Crippen LogP contribution < -0.4 is 0 Å². The van der Waals surface area contributed by atoms with Crippen molar-refractivity contribution in [3.63, 3.8) is 0 Å². The van der Waals surface area contributed by atoms with Crippen molar-refractivity contribution in [1.29, 1.82) is 0 Å². The van der Waals surface area contributed by atoms with Gasteiger partial charge in [-0.15, -0.1) is 0 Å². The van der Waals surface area contributed by atoms with E-state index in [0.29, 0.717) is 26.2 Å². The first-order valence-electron chi connectivity index (χ1n) is 5.94. The largest absolute Gasteiger partial charge is 0.444 e. The Hall–Kier alpha value is -0.820. The van der Waals surface area contributed by atoms with Crippen LogP contribution in [0.1, 0.15) is 20.8 Å². The van der Waals surface area contributed by atoms with Gasteiger partial charge < -0.3 is 9.64 Å². The lowest BCUT2D eigenvalue weighted by molar-refractivity contribution is -0.0837. The maximum Gasteiger partial charge on any atom is 0.410 e. The molecule has 7 heteroatoms. The molecule has 1 amide bonds. The van der Waals surface area contributed by atoms with Crippen LogP contribution in [0.4, 0.5) is 4.79 Å². The molecule has 0 unspecified atom stereocenters. The number of rotatable bonds is 1. The number of nitrogens with zero attached hydrogens (tertiary/aromatic N) is 2. The molecule has 0 N–H and O–H groups in total. The fourth-order valence-electron chi connectivity index (χ4n) is 2.36. The van der Waals surface area contributed by atoms with Crippen LogP contribution in [0.5, 0.6) is 0 Å². The van der Waals surface area contributed by atoms with Crippen LogP contribution in [0.3, 0.4) is 0 Å². The molecule has 2 rings (SSSR count). The average molecular weight is 276 g/mol. The van der Waals surface area contributed by atoms with Crippen LogP contribution in [0.2, 0.25) is 0 Å². The lowest BCUT2D eigenvalue weighted by atomic mass is 9.75. The SMILES string of the molecule is CC(C)(C)OC(=O)N1CC2(C1)CN(S(C)(=O)=O)C2. The van der Waals surface area contributed by atoms with Crippen LogP contribution in [0.15, 0.2) is 0 Å². The highest BCUT2D eigenvalue weighted by Crippen LogP contribution is 2.41. The highest BCUT2D eigenvalue weighted by molar-refractivity contribution is 7.88. The molecule has 0 aliphatic carbocycles. The second-order valence-electron chi connectivity index (χ2n) is 6.37. The van der Waals surface area contributed by atoms with E-state index in [4.69, 9.17) is 4.74 Å². The molecule has 0 atom stereocenters. The summed E-state index contributed by atoms with van der Waals surface area (Å²) in [4.78, 5) is 13.3. The molecule has 0 bridgehead atoms. The summed E-state index contributed by atoms with van der Waals surface area (Å²) < 4.78 is 29.2. The number of amides is 1. The van der Waals surface area contributed by atoms with Gasteiger partial charge in [-0.3, -0.25) is 0 Å². The van der Waals surface area contributed by atoms with E-state index in [9.17, 15) is 13.2 Å². The first kappa shape index (κ1) is 13.6. The molecular weight excluding hydrogens is 256 g/mol. The van der Waals surface area contributed by atoms with Crippen molar-refractivity contribution in [2.24, 2.45) is 5.41 Å². The predicted molar refractivity (Wildman–Crippen MR) is 66.7 cm³/mol. The zero-order valence-corrected chi connectivity index (χ0v) is 12.1. The summed E-state index contributed by atoms with van der Waals surface area (Å²) in [6, 6.07) is 0. The fraction of sp³-hybridized carbons (Fsp3) is 0.909. The molecule has 2 aliphatic heterocycles. The van der Waals surface area contributed by atoms with Crippen LogP contribution >= 0.6 is 0 Å². The zero-order chi connectivity index (χ0) is 13.8. The summed E-state index contributed by atoms with van der Waals surface area (Å²) in [5.74, 6) is 0. The third-order valence-electron chi connectivity index (χ3n) is 3.20. The number of sulfonamides is 1. The maximum atomic E-state index is 11.7. The zero-order valence-electron chi connectivity index (χ0n) is 11.3. The molecule has 2 saturated heterocycles. The monoisotopic (exact) mass is 276 g/mol. The predicted octanol–water partition coefficient (Wildman–Crippen LogP) is 0.499. The Bertz CT molecular complexity index is 452. The summed E-state index contributed by atoms with van der Waals surface area (Å²) in [6.07, 6.45) is 0.899. The van der Waals surface area contributed by atoms with Crippen LogP contribution in [0, 0.1) is 5.41 Å². The van der Waals surface area contributed by atoms with Gasteiger partial charge in [0, 0.05) is 31.6 Å². The summed E-state index contributed by atoms with van der Waals surface area (Å²) in [6.45, 7) is 7.71. The normalized spacial score (nSPS) is 23.4. The molecule has 2 aliphatic rings. The van der Waals surface area contributed by atoms with Crippen LogP contribution in [-0.4, -0.2) is 61.8 Å². The molecule has 0 aromatic carbocycles. The molecule has 2 heterocycles. The number of hydrogen-bond donors (Lipinski definition) is 0. The van der Waals surface area contributed by atoms with E-state index < -0.39 is 15.6 Å². The smallest absolute Gasteiger partial charge is 0.410 e. The van der Waals surface area contributed by atoms with Crippen LogP contribution in [0.25, 0.3) is 0 Å². The van der Waals surface area contributed by atoms with E-state index >= 15 is 0 Å². The van der Waals surface area contributed by atoms with E-state index in [2.05, 4.69) is 0 Å². The minimum absolute atomic E-state index is 0.0278. The van der Waals surface area contributed by atoms with Crippen molar-refractivity contribution in [3.8, 4) is 0 Å². The summed E-state index contributed by atoms with van der Waals surface area (Å²) in [5.41, 5.74) is -0.516. The van der Waals surface area contributed by atoms with Crippen molar-refractivity contribution < 1.29 is 17.9 Å². The van der Waals surface area contributed by atoms with Crippen molar-refractivity contribution in [2.45, 2.75) is 26.4 Å². The first-order valence-corrected chi connectivity index (χ1v) is 7.79. The van der Waals surface area contributed by atoms with Gasteiger partial charge >= 0.3 is 6.09 Å². The van der Waals surface area contributed by atoms with Crippen molar-refractivity contribution in [1.82, 2.24) is 9.21 Å². The maximum absolute atomic E-state index is 11.7. The van der Waals surface area contributed by atoms with E-state index in [-0.39, 0.29) is 11.5 Å². The van der Waals surface area contributed by atoms with Gasteiger partial charge in [-0.2, -0.15) is 0 Å². The lowest BCUT2D eigenvalue weighted by Crippen LogP contribution is -2.73. The van der Waals surface area contributed by atoms with E-state index in [1.807, 2.05) is 20.8 Å². The summed E-state index contributed by atoms with van der Waals surface area (Å²) >= 11 is 0. The molecule has 0 radical (unpaired) electrons. The number of hydrogen-bond acceptors (Lipinski definition) is 4. The van der Waals surface area contributed by atoms with Crippen LogP contribution in [-0.2, 0) is 14.8 Å². The third kappa shape index (κ3) is 2.61. The lowest BCUT2D eigenvalue weighted by Gasteiger charge is -2.58. The Morgan fingerprint density at radius 1 is 1.17 bits per heavy atom. The van der Waals surface area contributed by atoms with Gasteiger partial charge in [0.1, 0.15) is 5.60 Å². The van der Waals surface area contributed by atoms with Gasteiger partial charge in [-0.25, -0.2) is 17.5 Å². The molecular formula is C11H20N2O4S. The number of likely N-dealkylation sites (tertiary alicyclic amines) is 1. The van der Waals surface area contributed by atoms with Crippen molar-refractivity contribution >= 4 is 16.1 Å². The van der Waals surface area contributed by atoms with E-state index in [1.54, 1.807) is 4.90 Å². The summed E-state index contributed by atoms with van der Waals surface area (Å²) in [7, 11) is -3.08. The second kappa shape index (κ2) is 3.84. The van der Waals surface area contributed by atoms with Gasteiger partial charge in [0.25, 0.3) is 0 Å². The van der Waals surface area contributed by atoms with Crippen molar-refractivity contribution in [2.75, 3.05) is 32.4 Å². The Balaban J connectivity index is 1.81. The number of carbonyl (C=O) groups is 1. The molecule has 0 saturated carbocycles. The average Bonchev–Trinajstić information content (AvgIpc) is 1.90. The minimum atomic E-state index is -3.08. The van der Waals surface area contributed by atoms with Gasteiger partial charge in [-0.1, -0.05) is 0 Å². The number of carbonyl (C=O) groups excluding carboxylic acids is 1. The molecule has 2 fully saturated rings.